The number of carbonyl (C=O) groups excluding carboxylic acids is 1. The van der Waals surface area contributed by atoms with Gasteiger partial charge < -0.3 is 14.8 Å². The second-order valence-electron chi connectivity index (χ2n) is 6.32. The summed E-state index contributed by atoms with van der Waals surface area (Å²) in [6.45, 7) is 11.0. The molecule has 2 aromatic rings. The summed E-state index contributed by atoms with van der Waals surface area (Å²) in [6, 6.07) is 0. The zero-order valence-electron chi connectivity index (χ0n) is 16.1. The molecule has 0 fully saturated rings. The number of esters is 1. The Morgan fingerprint density at radius 3 is 2.85 bits per heavy atom. The fourth-order valence-corrected chi connectivity index (χ4v) is 3.97. The van der Waals surface area contributed by atoms with E-state index < -0.39 is 12.1 Å². The summed E-state index contributed by atoms with van der Waals surface area (Å²) in [5.74, 6) is 0.0846. The lowest BCUT2D eigenvalue weighted by Gasteiger charge is -2.22. The topological polar surface area (TPSA) is 95.5 Å². The second kappa shape index (κ2) is 9.77. The predicted molar refractivity (Wildman–Crippen MR) is 107 cm³/mol. The number of carbonyl (C=O) groups is 1. The van der Waals surface area contributed by atoms with Crippen LogP contribution < -0.4 is 5.56 Å². The fraction of sp³-hybridized carbons (Fsp3) is 0.526. The Morgan fingerprint density at radius 1 is 1.48 bits per heavy atom. The summed E-state index contributed by atoms with van der Waals surface area (Å²) in [7, 11) is 0. The number of ether oxygens (including phenoxy) is 1. The number of H-pyrrole nitrogens is 1. The molecule has 0 spiro atoms. The Labute approximate surface area is 162 Å². The van der Waals surface area contributed by atoms with Crippen LogP contribution in [0, 0.1) is 6.92 Å². The Balaban J connectivity index is 2.25. The molecular formula is C19H27N3O4S. The lowest BCUT2D eigenvalue weighted by Crippen LogP contribution is -2.33. The van der Waals surface area contributed by atoms with Gasteiger partial charge in [0.15, 0.2) is 0 Å². The van der Waals surface area contributed by atoms with Gasteiger partial charge in [0.2, 0.25) is 0 Å². The summed E-state index contributed by atoms with van der Waals surface area (Å²) in [5, 5.41) is 10.5. The molecule has 0 aliphatic rings. The van der Waals surface area contributed by atoms with E-state index in [4.69, 9.17) is 4.74 Å². The summed E-state index contributed by atoms with van der Waals surface area (Å²) < 4.78 is 5.05. The number of aromatic nitrogens is 2. The molecule has 1 unspecified atom stereocenters. The van der Waals surface area contributed by atoms with Crippen molar-refractivity contribution < 1.29 is 14.6 Å². The molecule has 0 radical (unpaired) electrons. The molecule has 2 heterocycles. The highest BCUT2D eigenvalue weighted by Gasteiger charge is 2.20. The SMILES string of the molecule is C=CCCC(O)CN(CC)Cc1nc2sc(C(=O)OCC)c(C)c2c(=O)[nH]1. The zero-order valence-corrected chi connectivity index (χ0v) is 16.9. The van der Waals surface area contributed by atoms with Crippen LogP contribution in [0.4, 0.5) is 0 Å². The van der Waals surface area contributed by atoms with Crippen molar-refractivity contribution in [2.75, 3.05) is 19.7 Å². The number of hydrogen-bond acceptors (Lipinski definition) is 7. The predicted octanol–water partition coefficient (Wildman–Crippen LogP) is 2.62. The van der Waals surface area contributed by atoms with E-state index in [2.05, 4.69) is 16.5 Å². The molecule has 2 rings (SSSR count). The summed E-state index contributed by atoms with van der Waals surface area (Å²) in [5.41, 5.74) is 0.337. The number of hydrogen-bond donors (Lipinski definition) is 2. The number of allylic oxidation sites excluding steroid dienone is 1. The maximum atomic E-state index is 12.5. The third kappa shape index (κ3) is 5.24. The molecule has 1 atom stereocenters. The van der Waals surface area contributed by atoms with E-state index in [1.54, 1.807) is 19.9 Å². The fourth-order valence-electron chi connectivity index (χ4n) is 2.87. The quantitative estimate of drug-likeness (QED) is 0.476. The smallest absolute Gasteiger partial charge is 0.348 e. The van der Waals surface area contributed by atoms with E-state index in [1.807, 2.05) is 11.8 Å². The highest BCUT2D eigenvalue weighted by Crippen LogP contribution is 2.27. The van der Waals surface area contributed by atoms with Gasteiger partial charge in [-0.1, -0.05) is 13.0 Å². The van der Waals surface area contributed by atoms with E-state index in [0.29, 0.717) is 52.5 Å². The summed E-state index contributed by atoms with van der Waals surface area (Å²) in [4.78, 5) is 34.9. The van der Waals surface area contributed by atoms with Crippen LogP contribution in [0.2, 0.25) is 0 Å². The first-order valence-corrected chi connectivity index (χ1v) is 9.93. The molecule has 2 aromatic heterocycles. The van der Waals surface area contributed by atoms with Crippen LogP contribution in [0.15, 0.2) is 17.4 Å². The number of nitrogens with one attached hydrogen (secondary N) is 1. The van der Waals surface area contributed by atoms with Gasteiger partial charge >= 0.3 is 5.97 Å². The van der Waals surface area contributed by atoms with Crippen LogP contribution in [-0.4, -0.2) is 51.7 Å². The summed E-state index contributed by atoms with van der Waals surface area (Å²) in [6.07, 6.45) is 2.73. The van der Waals surface area contributed by atoms with Gasteiger partial charge in [-0.25, -0.2) is 9.78 Å². The van der Waals surface area contributed by atoms with Gasteiger partial charge in [-0.05, 0) is 38.8 Å². The largest absolute Gasteiger partial charge is 0.462 e. The molecule has 0 saturated carbocycles. The minimum Gasteiger partial charge on any atom is -0.462 e. The number of likely N-dealkylation sites (N-methyl/N-ethyl adjacent to an activating group) is 1. The van der Waals surface area contributed by atoms with Crippen molar-refractivity contribution in [2.45, 2.75) is 46.3 Å². The Kier molecular flexibility index (Phi) is 7.70. The lowest BCUT2D eigenvalue weighted by atomic mass is 10.2. The highest BCUT2D eigenvalue weighted by atomic mass is 32.1. The molecule has 0 saturated heterocycles. The normalized spacial score (nSPS) is 12.5. The molecule has 2 N–H and O–H groups in total. The number of aliphatic hydroxyl groups excluding tert-OH is 1. The first kappa shape index (κ1) is 21.3. The van der Waals surface area contributed by atoms with E-state index in [0.717, 1.165) is 6.42 Å². The van der Waals surface area contributed by atoms with Gasteiger partial charge in [0.25, 0.3) is 5.56 Å². The molecule has 8 heteroatoms. The Hall–Kier alpha value is -2.03. The first-order chi connectivity index (χ1) is 12.9. The minimum absolute atomic E-state index is 0.262. The number of aliphatic hydroxyl groups is 1. The molecule has 27 heavy (non-hydrogen) atoms. The van der Waals surface area contributed by atoms with Crippen LogP contribution >= 0.6 is 11.3 Å². The highest BCUT2D eigenvalue weighted by molar-refractivity contribution is 7.20. The Bertz CT molecular complexity index is 858. The van der Waals surface area contributed by atoms with E-state index in [1.165, 1.54) is 11.3 Å². The maximum Gasteiger partial charge on any atom is 0.348 e. The van der Waals surface area contributed by atoms with E-state index >= 15 is 0 Å². The van der Waals surface area contributed by atoms with Crippen LogP contribution in [-0.2, 0) is 11.3 Å². The van der Waals surface area contributed by atoms with E-state index in [-0.39, 0.29) is 12.2 Å². The number of thiophene rings is 1. The van der Waals surface area contributed by atoms with Crippen LogP contribution in [0.3, 0.4) is 0 Å². The lowest BCUT2D eigenvalue weighted by molar-refractivity contribution is 0.0531. The number of fused-ring (bicyclic) bond motifs is 1. The van der Waals surface area contributed by atoms with E-state index in [9.17, 15) is 14.7 Å². The standard InChI is InChI=1S/C19H27N3O4S/c1-5-8-9-13(23)10-22(6-2)11-14-20-17(24)15-12(4)16(19(25)26-7-3)27-18(15)21-14/h5,13,23H,1,6-11H2,2-4H3,(H,20,21,24). The van der Waals surface area contributed by atoms with Crippen LogP contribution in [0.25, 0.3) is 10.2 Å². The van der Waals surface area contributed by atoms with Crippen molar-refractivity contribution in [3.63, 3.8) is 0 Å². The summed E-state index contributed by atoms with van der Waals surface area (Å²) >= 11 is 1.18. The third-order valence-electron chi connectivity index (χ3n) is 4.30. The van der Waals surface area contributed by atoms with Gasteiger partial charge in [0, 0.05) is 6.54 Å². The van der Waals surface area contributed by atoms with Crippen LogP contribution in [0.5, 0.6) is 0 Å². The van der Waals surface area contributed by atoms with Gasteiger partial charge in [0.1, 0.15) is 15.5 Å². The monoisotopic (exact) mass is 393 g/mol. The molecule has 148 valence electrons. The van der Waals surface area contributed by atoms with Gasteiger partial charge in [-0.3, -0.25) is 9.69 Å². The molecule has 0 aliphatic heterocycles. The average molecular weight is 394 g/mol. The number of rotatable bonds is 10. The number of nitrogens with zero attached hydrogens (tertiary/aromatic N) is 2. The van der Waals surface area contributed by atoms with Gasteiger partial charge in [0.05, 0.1) is 24.6 Å². The Morgan fingerprint density at radius 2 is 2.22 bits per heavy atom. The maximum absolute atomic E-state index is 12.5. The second-order valence-corrected chi connectivity index (χ2v) is 7.32. The third-order valence-corrected chi connectivity index (χ3v) is 5.47. The van der Waals surface area contributed by atoms with Crippen molar-refractivity contribution in [1.29, 1.82) is 0 Å². The van der Waals surface area contributed by atoms with Crippen LogP contribution in [0.1, 0.15) is 47.7 Å². The molecule has 7 nitrogen and oxygen atoms in total. The molecular weight excluding hydrogens is 366 g/mol. The van der Waals surface area contributed by atoms with Gasteiger partial charge in [-0.15, -0.1) is 17.9 Å². The number of aromatic amines is 1. The van der Waals surface area contributed by atoms with Gasteiger partial charge in [-0.2, -0.15) is 0 Å². The molecule has 0 aliphatic carbocycles. The zero-order chi connectivity index (χ0) is 20.0. The van der Waals surface area contributed by atoms with Crippen molar-refractivity contribution in [2.24, 2.45) is 0 Å². The van der Waals surface area contributed by atoms with Crippen molar-refractivity contribution >= 4 is 27.5 Å². The van der Waals surface area contributed by atoms with Crippen molar-refractivity contribution in [1.82, 2.24) is 14.9 Å². The van der Waals surface area contributed by atoms with Crippen molar-refractivity contribution in [3.8, 4) is 0 Å². The molecule has 0 aromatic carbocycles. The van der Waals surface area contributed by atoms with Crippen molar-refractivity contribution in [3.05, 3.63) is 39.3 Å². The number of aryl methyl sites for hydroxylation is 1. The average Bonchev–Trinajstić information content (AvgIpc) is 2.96. The first-order valence-electron chi connectivity index (χ1n) is 9.11. The molecule has 0 bridgehead atoms. The minimum atomic E-state index is -0.460. The molecule has 0 amide bonds.